The van der Waals surface area contributed by atoms with Crippen molar-refractivity contribution in [2.75, 3.05) is 33.2 Å². The van der Waals surface area contributed by atoms with Crippen molar-refractivity contribution in [3.05, 3.63) is 0 Å². The molecule has 1 N–H and O–H groups in total. The summed E-state index contributed by atoms with van der Waals surface area (Å²) in [6.07, 6.45) is 0. The van der Waals surface area contributed by atoms with E-state index in [-0.39, 0.29) is 0 Å². The molecule has 0 aliphatic carbocycles. The molecule has 0 unspecified atom stereocenters. The van der Waals surface area contributed by atoms with Crippen LogP contribution in [0.2, 0.25) is 11.6 Å². The maximum atomic E-state index is 3.27. The molecule has 2 nitrogen and oxygen atoms in total. The molecule has 0 saturated carbocycles. The van der Waals surface area contributed by atoms with Crippen LogP contribution >= 0.6 is 0 Å². The number of hydrogen-bond donors (Lipinski definition) is 1. The summed E-state index contributed by atoms with van der Waals surface area (Å²) in [4.78, 5) is 2.29. The summed E-state index contributed by atoms with van der Waals surface area (Å²) in [6, 6.07) is 0. The largest absolute Gasteiger partial charge is 0.316 e. The minimum atomic E-state index is 0.750. The molecule has 0 aromatic heterocycles. The Balaban J connectivity index is 0. The lowest BCUT2D eigenvalue weighted by Gasteiger charge is -2.12. The van der Waals surface area contributed by atoms with Crippen LogP contribution in [0.4, 0.5) is 0 Å². The quantitative estimate of drug-likeness (QED) is 0.516. The van der Waals surface area contributed by atoms with Crippen molar-refractivity contribution in [1.29, 1.82) is 0 Å². The number of rotatable bonds is 5. The normalized spacial score (nSPS) is 9.17. The fraction of sp³-hybridized carbons (Fsp3) is 1.00. The third-order valence-corrected chi connectivity index (χ3v) is 1.46. The molecule has 0 saturated heterocycles. The maximum absolute atomic E-state index is 3.27. The van der Waals surface area contributed by atoms with E-state index in [0.29, 0.717) is 0 Å². The SMILES string of the molecule is CCNCCN(C)CC.[CH3][Al][CH3]. The maximum Gasteiger partial charge on any atom is 0.191 e. The minimum Gasteiger partial charge on any atom is -0.316 e. The first kappa shape index (κ1) is 14.9. The standard InChI is InChI=1S/C7H18N2.2CH3.Al/c1-4-8-6-7-9(3)5-2;;;/h8H,4-7H2,1-3H3;2*1H3;. The monoisotopic (exact) mass is 187 g/mol. The van der Waals surface area contributed by atoms with Crippen LogP contribution in [-0.4, -0.2) is 53.3 Å². The van der Waals surface area contributed by atoms with Gasteiger partial charge in [0.25, 0.3) is 0 Å². The van der Waals surface area contributed by atoms with Crippen LogP contribution in [0.15, 0.2) is 0 Å². The Labute approximate surface area is 84.4 Å². The molecule has 0 aromatic carbocycles. The van der Waals surface area contributed by atoms with Crippen molar-refractivity contribution in [1.82, 2.24) is 10.2 Å². The van der Waals surface area contributed by atoms with E-state index in [1.54, 1.807) is 0 Å². The summed E-state index contributed by atoms with van der Waals surface area (Å²) in [5, 5.41) is 3.27. The van der Waals surface area contributed by atoms with Crippen molar-refractivity contribution in [3.63, 3.8) is 0 Å². The molecule has 0 amide bonds. The molecule has 12 heavy (non-hydrogen) atoms. The second-order valence-electron chi connectivity index (χ2n) is 2.83. The number of nitrogens with zero attached hydrogens (tertiary/aromatic N) is 1. The molecule has 0 fully saturated rings. The van der Waals surface area contributed by atoms with E-state index >= 15 is 0 Å². The van der Waals surface area contributed by atoms with E-state index in [4.69, 9.17) is 0 Å². The molecule has 0 bridgehead atoms. The van der Waals surface area contributed by atoms with E-state index in [1.165, 1.54) is 0 Å². The fourth-order valence-electron chi connectivity index (χ4n) is 0.605. The van der Waals surface area contributed by atoms with E-state index < -0.39 is 0 Å². The Hall–Kier alpha value is 0.452. The van der Waals surface area contributed by atoms with Gasteiger partial charge in [0.15, 0.2) is 15.2 Å². The summed E-state index contributed by atoms with van der Waals surface area (Å²) >= 11 is 0.750. The predicted molar refractivity (Wildman–Crippen MR) is 59.2 cm³/mol. The van der Waals surface area contributed by atoms with E-state index in [0.717, 1.165) is 41.4 Å². The van der Waals surface area contributed by atoms with Gasteiger partial charge in [-0.2, -0.15) is 0 Å². The van der Waals surface area contributed by atoms with Crippen LogP contribution in [0.25, 0.3) is 0 Å². The Morgan fingerprint density at radius 1 is 1.25 bits per heavy atom. The van der Waals surface area contributed by atoms with Crippen molar-refractivity contribution >= 4 is 15.2 Å². The van der Waals surface area contributed by atoms with E-state index in [1.807, 2.05) is 0 Å². The van der Waals surface area contributed by atoms with Gasteiger partial charge in [0.2, 0.25) is 0 Å². The topological polar surface area (TPSA) is 15.3 Å². The van der Waals surface area contributed by atoms with Gasteiger partial charge in [-0.15, -0.1) is 11.6 Å². The Morgan fingerprint density at radius 2 is 1.75 bits per heavy atom. The molecule has 1 radical (unpaired) electrons. The lowest BCUT2D eigenvalue weighted by atomic mass is 10.5. The zero-order valence-corrected chi connectivity index (χ0v) is 10.5. The van der Waals surface area contributed by atoms with E-state index in [9.17, 15) is 0 Å². The van der Waals surface area contributed by atoms with Crippen LogP contribution in [0, 0.1) is 0 Å². The Morgan fingerprint density at radius 3 is 2.08 bits per heavy atom. The lowest BCUT2D eigenvalue weighted by molar-refractivity contribution is 0.350. The molecule has 73 valence electrons. The summed E-state index contributed by atoms with van der Waals surface area (Å²) in [5.74, 6) is 4.42. The van der Waals surface area contributed by atoms with Gasteiger partial charge < -0.3 is 10.2 Å². The fourth-order valence-corrected chi connectivity index (χ4v) is 0.605. The van der Waals surface area contributed by atoms with Crippen LogP contribution < -0.4 is 5.32 Å². The number of nitrogens with one attached hydrogen (secondary N) is 1. The highest BCUT2D eigenvalue weighted by Crippen LogP contribution is 1.76. The van der Waals surface area contributed by atoms with Gasteiger partial charge in [0.1, 0.15) is 0 Å². The highest BCUT2D eigenvalue weighted by molar-refractivity contribution is 6.31. The molecule has 0 rings (SSSR count). The Bertz CT molecular complexity index is 69.5. The molecule has 0 aliphatic heterocycles. The van der Waals surface area contributed by atoms with Gasteiger partial charge >= 0.3 is 0 Å². The second-order valence-corrected chi connectivity index (χ2v) is 3.98. The first-order valence-corrected chi connectivity index (χ1v) is 7.17. The summed E-state index contributed by atoms with van der Waals surface area (Å²) < 4.78 is 0. The minimum absolute atomic E-state index is 0.750. The van der Waals surface area contributed by atoms with Gasteiger partial charge in [-0.05, 0) is 20.1 Å². The highest BCUT2D eigenvalue weighted by atomic mass is 27.1. The average Bonchev–Trinajstić information content (AvgIpc) is 2.06. The molecule has 0 atom stereocenters. The average molecular weight is 187 g/mol. The molecule has 0 aromatic rings. The second kappa shape index (κ2) is 14.0. The molecular formula is C9H24AlN2. The smallest absolute Gasteiger partial charge is 0.191 e. The molecule has 0 heterocycles. The van der Waals surface area contributed by atoms with Crippen LogP contribution in [0.1, 0.15) is 13.8 Å². The molecule has 3 heteroatoms. The van der Waals surface area contributed by atoms with Crippen molar-refractivity contribution in [2.24, 2.45) is 0 Å². The molecule has 0 spiro atoms. The summed E-state index contributed by atoms with van der Waals surface area (Å²) in [7, 11) is 2.14. The molecular weight excluding hydrogens is 163 g/mol. The zero-order chi connectivity index (χ0) is 9.82. The van der Waals surface area contributed by atoms with Gasteiger partial charge in [-0.25, -0.2) is 0 Å². The van der Waals surface area contributed by atoms with Gasteiger partial charge in [-0.3, -0.25) is 0 Å². The number of hydrogen-bond acceptors (Lipinski definition) is 2. The Kier molecular flexibility index (Phi) is 17.4. The third kappa shape index (κ3) is 16.8. The zero-order valence-electron chi connectivity index (χ0n) is 9.35. The van der Waals surface area contributed by atoms with Crippen molar-refractivity contribution in [2.45, 2.75) is 25.4 Å². The predicted octanol–water partition coefficient (Wildman–Crippen LogP) is 1.33. The van der Waals surface area contributed by atoms with Gasteiger partial charge in [-0.1, -0.05) is 13.8 Å². The van der Waals surface area contributed by atoms with Crippen LogP contribution in [0.3, 0.4) is 0 Å². The van der Waals surface area contributed by atoms with Gasteiger partial charge in [0.05, 0.1) is 0 Å². The highest BCUT2D eigenvalue weighted by Gasteiger charge is 1.90. The summed E-state index contributed by atoms with van der Waals surface area (Å²) in [6.45, 7) is 8.80. The van der Waals surface area contributed by atoms with Crippen LogP contribution in [0.5, 0.6) is 0 Å². The first-order chi connectivity index (χ1) is 5.72. The molecule has 0 aliphatic rings. The first-order valence-electron chi connectivity index (χ1n) is 4.86. The third-order valence-electron chi connectivity index (χ3n) is 1.46. The van der Waals surface area contributed by atoms with Crippen LogP contribution in [-0.2, 0) is 0 Å². The van der Waals surface area contributed by atoms with Crippen molar-refractivity contribution < 1.29 is 0 Å². The van der Waals surface area contributed by atoms with Gasteiger partial charge in [0, 0.05) is 13.1 Å². The summed E-state index contributed by atoms with van der Waals surface area (Å²) in [5.41, 5.74) is 0. The van der Waals surface area contributed by atoms with Crippen molar-refractivity contribution in [3.8, 4) is 0 Å². The number of likely N-dealkylation sites (N-methyl/N-ethyl adjacent to an activating group) is 2. The lowest BCUT2D eigenvalue weighted by Crippen LogP contribution is -2.28. The van der Waals surface area contributed by atoms with E-state index in [2.05, 4.69) is 42.7 Å².